The topological polar surface area (TPSA) is 96.8 Å². The molecule has 0 aromatic heterocycles. The molecule has 0 bridgehead atoms. The molecule has 0 saturated carbocycles. The molecular formula is C30H31F4N5O3. The summed E-state index contributed by atoms with van der Waals surface area (Å²) in [4.78, 5) is 43.0. The molecule has 2 aromatic rings. The Morgan fingerprint density at radius 1 is 0.952 bits per heavy atom. The van der Waals surface area contributed by atoms with E-state index in [1.165, 1.54) is 43.3 Å². The van der Waals surface area contributed by atoms with E-state index in [9.17, 15) is 31.9 Å². The zero-order valence-corrected chi connectivity index (χ0v) is 23.1. The smallest absolute Gasteiger partial charge is 0.322 e. The first kappa shape index (κ1) is 30.7. The van der Waals surface area contributed by atoms with Crippen molar-refractivity contribution in [3.63, 3.8) is 0 Å². The molecule has 12 heteroatoms. The van der Waals surface area contributed by atoms with E-state index < -0.39 is 29.1 Å². The van der Waals surface area contributed by atoms with Gasteiger partial charge in [0.05, 0.1) is 22.9 Å². The molecule has 2 aliphatic heterocycles. The molecule has 42 heavy (non-hydrogen) atoms. The lowest BCUT2D eigenvalue weighted by atomic mass is 10.0. The van der Waals surface area contributed by atoms with Crippen LogP contribution in [0.3, 0.4) is 0 Å². The fraction of sp³-hybridized carbons (Fsp3) is 0.400. The van der Waals surface area contributed by atoms with Crippen LogP contribution in [0.1, 0.15) is 50.2 Å². The summed E-state index contributed by atoms with van der Waals surface area (Å²) in [6, 6.07) is 9.70. The minimum absolute atomic E-state index is 0.210. The SMILES string of the molecule is CC1=C(CCCCCCN2CCN(C(=O)Nc3ccc(F)cc3)CC2)C(=O)N(c2ccc(C#N)c(C(F)(F)F)c2)C1=O. The highest BCUT2D eigenvalue weighted by Crippen LogP contribution is 2.37. The van der Waals surface area contributed by atoms with Crippen LogP contribution in [-0.4, -0.2) is 60.4 Å². The summed E-state index contributed by atoms with van der Waals surface area (Å²) < 4.78 is 53.2. The summed E-state index contributed by atoms with van der Waals surface area (Å²) in [5, 5.41) is 11.8. The Bertz CT molecular complexity index is 1410. The van der Waals surface area contributed by atoms with Gasteiger partial charge in [0.25, 0.3) is 11.8 Å². The van der Waals surface area contributed by atoms with Crippen LogP contribution >= 0.6 is 0 Å². The number of imide groups is 1. The Morgan fingerprint density at radius 3 is 2.26 bits per heavy atom. The largest absolute Gasteiger partial charge is 0.417 e. The van der Waals surface area contributed by atoms with Gasteiger partial charge in [-0.3, -0.25) is 14.5 Å². The van der Waals surface area contributed by atoms with E-state index in [-0.39, 0.29) is 23.1 Å². The van der Waals surface area contributed by atoms with Gasteiger partial charge in [-0.25, -0.2) is 14.1 Å². The number of carbonyl (C=O) groups is 3. The highest BCUT2D eigenvalue weighted by Gasteiger charge is 2.39. The molecule has 0 radical (unpaired) electrons. The van der Waals surface area contributed by atoms with Crippen LogP contribution in [0.2, 0.25) is 0 Å². The van der Waals surface area contributed by atoms with Crippen LogP contribution in [0.25, 0.3) is 0 Å². The minimum Gasteiger partial charge on any atom is -0.322 e. The van der Waals surface area contributed by atoms with Crippen LogP contribution in [0.5, 0.6) is 0 Å². The van der Waals surface area contributed by atoms with Gasteiger partial charge in [0, 0.05) is 43.0 Å². The third-order valence-corrected chi connectivity index (χ3v) is 7.53. The van der Waals surface area contributed by atoms with Crippen LogP contribution < -0.4 is 10.2 Å². The van der Waals surface area contributed by atoms with E-state index in [0.717, 1.165) is 49.9 Å². The first-order valence-electron chi connectivity index (χ1n) is 13.7. The Labute approximate surface area is 241 Å². The van der Waals surface area contributed by atoms with Crippen molar-refractivity contribution in [1.82, 2.24) is 9.80 Å². The number of carbonyl (C=O) groups excluding carboxylic acids is 3. The second kappa shape index (κ2) is 13.2. The van der Waals surface area contributed by atoms with Crippen molar-refractivity contribution in [2.24, 2.45) is 0 Å². The van der Waals surface area contributed by atoms with E-state index in [4.69, 9.17) is 5.26 Å². The normalized spacial score (nSPS) is 16.3. The van der Waals surface area contributed by atoms with E-state index >= 15 is 0 Å². The number of rotatable bonds is 9. The van der Waals surface area contributed by atoms with Gasteiger partial charge >= 0.3 is 12.2 Å². The van der Waals surface area contributed by atoms with Gasteiger partial charge in [-0.05, 0) is 75.2 Å². The Hall–Kier alpha value is -4.24. The Kier molecular flexibility index (Phi) is 9.63. The summed E-state index contributed by atoms with van der Waals surface area (Å²) in [7, 11) is 0. The molecule has 1 N–H and O–H groups in total. The quantitative estimate of drug-likeness (QED) is 0.231. The number of hydrogen-bond acceptors (Lipinski definition) is 5. The van der Waals surface area contributed by atoms with Crippen LogP contribution in [0.15, 0.2) is 53.6 Å². The zero-order valence-electron chi connectivity index (χ0n) is 23.1. The number of urea groups is 1. The zero-order chi connectivity index (χ0) is 30.4. The third kappa shape index (κ3) is 7.15. The number of nitriles is 1. The number of halogens is 4. The molecule has 0 unspecified atom stereocenters. The Balaban J connectivity index is 1.18. The summed E-state index contributed by atoms with van der Waals surface area (Å²) in [6.07, 6.45) is -1.17. The van der Waals surface area contributed by atoms with Crippen LogP contribution in [-0.2, 0) is 15.8 Å². The molecule has 0 atom stereocenters. The van der Waals surface area contributed by atoms with Crippen molar-refractivity contribution in [3.8, 4) is 6.07 Å². The molecule has 2 heterocycles. The average molecular weight is 586 g/mol. The molecule has 0 aliphatic carbocycles. The number of benzene rings is 2. The fourth-order valence-corrected chi connectivity index (χ4v) is 5.12. The second-order valence-electron chi connectivity index (χ2n) is 10.3. The van der Waals surface area contributed by atoms with Gasteiger partial charge in [-0.15, -0.1) is 0 Å². The minimum atomic E-state index is -4.80. The second-order valence-corrected chi connectivity index (χ2v) is 10.3. The average Bonchev–Trinajstić information content (AvgIpc) is 3.18. The van der Waals surface area contributed by atoms with Crippen LogP contribution in [0.4, 0.5) is 33.7 Å². The first-order valence-corrected chi connectivity index (χ1v) is 13.7. The van der Waals surface area contributed by atoms with Gasteiger partial charge in [-0.1, -0.05) is 12.8 Å². The molecule has 1 saturated heterocycles. The van der Waals surface area contributed by atoms with Crippen molar-refractivity contribution in [2.75, 3.05) is 42.9 Å². The molecule has 2 aliphatic rings. The molecule has 0 spiro atoms. The molecule has 222 valence electrons. The van der Waals surface area contributed by atoms with Crippen molar-refractivity contribution in [3.05, 3.63) is 70.6 Å². The molecule has 1 fully saturated rings. The number of nitrogens with zero attached hydrogens (tertiary/aromatic N) is 4. The maximum absolute atomic E-state index is 13.4. The predicted octanol–water partition coefficient (Wildman–Crippen LogP) is 5.71. The fourth-order valence-electron chi connectivity index (χ4n) is 5.12. The van der Waals surface area contributed by atoms with Crippen molar-refractivity contribution >= 4 is 29.2 Å². The maximum atomic E-state index is 13.4. The Morgan fingerprint density at radius 2 is 1.62 bits per heavy atom. The van der Waals surface area contributed by atoms with E-state index in [1.54, 1.807) is 4.90 Å². The summed E-state index contributed by atoms with van der Waals surface area (Å²) in [6.45, 7) is 5.00. The van der Waals surface area contributed by atoms with Gasteiger partial charge < -0.3 is 10.2 Å². The number of anilines is 2. The van der Waals surface area contributed by atoms with Crippen LogP contribution in [0, 0.1) is 17.1 Å². The highest BCUT2D eigenvalue weighted by molar-refractivity contribution is 6.32. The molecular weight excluding hydrogens is 554 g/mol. The number of hydrogen-bond donors (Lipinski definition) is 1. The monoisotopic (exact) mass is 585 g/mol. The predicted molar refractivity (Wildman–Crippen MR) is 148 cm³/mol. The number of unbranched alkanes of at least 4 members (excludes halogenated alkanes) is 3. The number of nitrogens with one attached hydrogen (secondary N) is 1. The van der Waals surface area contributed by atoms with Gasteiger partial charge in [0.15, 0.2) is 0 Å². The first-order chi connectivity index (χ1) is 20.0. The number of amides is 4. The number of piperazine rings is 1. The van der Waals surface area contributed by atoms with Gasteiger partial charge in [0.2, 0.25) is 0 Å². The van der Waals surface area contributed by atoms with E-state index in [2.05, 4.69) is 10.2 Å². The lowest BCUT2D eigenvalue weighted by molar-refractivity contribution is -0.138. The van der Waals surface area contributed by atoms with Crippen molar-refractivity contribution in [2.45, 2.75) is 45.2 Å². The summed E-state index contributed by atoms with van der Waals surface area (Å²) in [5.74, 6) is -1.65. The molecule has 4 amide bonds. The van der Waals surface area contributed by atoms with E-state index in [0.29, 0.717) is 43.3 Å². The molecule has 2 aromatic carbocycles. The molecule has 8 nitrogen and oxygen atoms in total. The highest BCUT2D eigenvalue weighted by atomic mass is 19.4. The van der Waals surface area contributed by atoms with Gasteiger partial charge in [-0.2, -0.15) is 18.4 Å². The lowest BCUT2D eigenvalue weighted by Gasteiger charge is -2.34. The maximum Gasteiger partial charge on any atom is 0.417 e. The summed E-state index contributed by atoms with van der Waals surface area (Å²) in [5.41, 5.74) is -0.921. The van der Waals surface area contributed by atoms with Crippen molar-refractivity contribution in [1.29, 1.82) is 5.26 Å². The van der Waals surface area contributed by atoms with E-state index in [1.807, 2.05) is 0 Å². The summed E-state index contributed by atoms with van der Waals surface area (Å²) >= 11 is 0. The molecule has 4 rings (SSSR count). The lowest BCUT2D eigenvalue weighted by Crippen LogP contribution is -2.50. The number of alkyl halides is 3. The standard InChI is InChI=1S/C30H31F4N5O3/c1-20-25(28(41)39(27(20)40)24-12-7-21(19-35)26(18-24)30(32,33)34)6-4-2-3-5-13-37-14-16-38(17-15-37)29(42)36-23-10-8-22(31)9-11-23/h7-12,18H,2-6,13-17H2,1H3,(H,36,42). The van der Waals surface area contributed by atoms with Gasteiger partial charge in [0.1, 0.15) is 5.82 Å². The van der Waals surface area contributed by atoms with Crippen molar-refractivity contribution < 1.29 is 31.9 Å². The third-order valence-electron chi connectivity index (χ3n) is 7.53.